The summed E-state index contributed by atoms with van der Waals surface area (Å²) in [4.78, 5) is 10.8. The topological polar surface area (TPSA) is 46.5 Å². The zero-order valence-electron chi connectivity index (χ0n) is 8.45. The maximum atomic E-state index is 10.8. The van der Waals surface area contributed by atoms with Crippen molar-refractivity contribution in [3.8, 4) is 0 Å². The summed E-state index contributed by atoms with van der Waals surface area (Å²) in [5.41, 5.74) is 0. The number of hydrogen-bond donors (Lipinski definition) is 1. The lowest BCUT2D eigenvalue weighted by atomic mass is 10.3. The van der Waals surface area contributed by atoms with Crippen molar-refractivity contribution >= 4 is 17.7 Å². The van der Waals surface area contributed by atoms with Crippen LogP contribution >= 0.6 is 11.8 Å². The van der Waals surface area contributed by atoms with E-state index in [1.807, 2.05) is 13.8 Å². The molecule has 0 aromatic heterocycles. The van der Waals surface area contributed by atoms with Crippen LogP contribution in [0.4, 0.5) is 0 Å². The Morgan fingerprint density at radius 3 is 2.69 bits per heavy atom. The van der Waals surface area contributed by atoms with Gasteiger partial charge >= 0.3 is 5.97 Å². The molecule has 0 aliphatic carbocycles. The van der Waals surface area contributed by atoms with Gasteiger partial charge in [0.2, 0.25) is 0 Å². The van der Waals surface area contributed by atoms with Crippen molar-refractivity contribution in [1.82, 2.24) is 0 Å². The fourth-order valence-electron chi connectivity index (χ4n) is 0.770. The van der Waals surface area contributed by atoms with Crippen LogP contribution in [0.3, 0.4) is 0 Å². The molecule has 0 amide bonds. The minimum absolute atomic E-state index is 0.189. The Balaban J connectivity index is 3.50. The Hall–Kier alpha value is -0.220. The van der Waals surface area contributed by atoms with E-state index in [2.05, 4.69) is 4.74 Å². The first kappa shape index (κ1) is 12.8. The van der Waals surface area contributed by atoms with Gasteiger partial charge in [0, 0.05) is 11.0 Å². The second-order valence-electron chi connectivity index (χ2n) is 2.99. The molecule has 0 aliphatic rings. The highest BCUT2D eigenvalue weighted by molar-refractivity contribution is 7.99. The number of aliphatic hydroxyl groups is 1. The van der Waals surface area contributed by atoms with E-state index in [1.165, 1.54) is 7.11 Å². The highest BCUT2D eigenvalue weighted by Crippen LogP contribution is 2.16. The molecule has 0 saturated heterocycles. The van der Waals surface area contributed by atoms with Crippen LogP contribution in [0.5, 0.6) is 0 Å². The first-order chi connectivity index (χ1) is 6.10. The molecule has 0 aromatic carbocycles. The molecule has 0 spiro atoms. The van der Waals surface area contributed by atoms with Crippen molar-refractivity contribution in [2.45, 2.75) is 38.0 Å². The number of methoxy groups -OCH3 is 1. The molecule has 0 radical (unpaired) electrons. The van der Waals surface area contributed by atoms with Crippen molar-refractivity contribution in [2.24, 2.45) is 0 Å². The molecular formula is C9H18O3S. The third-order valence-electron chi connectivity index (χ3n) is 1.73. The second kappa shape index (κ2) is 7.21. The standard InChI is InChI=1S/C9H18O3S/c1-4-8(10)6-13-7(2)5-9(11)12-3/h7-8,10H,4-6H2,1-3H3. The first-order valence-corrected chi connectivity index (χ1v) is 5.51. The lowest BCUT2D eigenvalue weighted by molar-refractivity contribution is -0.140. The lowest BCUT2D eigenvalue weighted by Crippen LogP contribution is -2.14. The van der Waals surface area contributed by atoms with Gasteiger partial charge in [-0.1, -0.05) is 13.8 Å². The molecule has 2 atom stereocenters. The van der Waals surface area contributed by atoms with E-state index < -0.39 is 0 Å². The Morgan fingerprint density at radius 2 is 2.23 bits per heavy atom. The quantitative estimate of drug-likeness (QED) is 0.668. The van der Waals surface area contributed by atoms with Gasteiger partial charge in [0.05, 0.1) is 19.6 Å². The first-order valence-electron chi connectivity index (χ1n) is 4.46. The number of aliphatic hydroxyl groups excluding tert-OH is 1. The Labute approximate surface area is 83.9 Å². The Bertz CT molecular complexity index is 150. The van der Waals surface area contributed by atoms with Crippen LogP contribution in [0, 0.1) is 0 Å². The van der Waals surface area contributed by atoms with Crippen molar-refractivity contribution < 1.29 is 14.6 Å². The third kappa shape index (κ3) is 6.90. The van der Waals surface area contributed by atoms with Crippen LogP contribution in [-0.2, 0) is 9.53 Å². The minimum Gasteiger partial charge on any atom is -0.469 e. The lowest BCUT2D eigenvalue weighted by Gasteiger charge is -2.12. The smallest absolute Gasteiger partial charge is 0.306 e. The average molecular weight is 206 g/mol. The molecule has 0 saturated carbocycles. The van der Waals surface area contributed by atoms with Gasteiger partial charge in [0.15, 0.2) is 0 Å². The Morgan fingerprint density at radius 1 is 1.62 bits per heavy atom. The fourth-order valence-corrected chi connectivity index (χ4v) is 1.81. The van der Waals surface area contributed by atoms with Crippen LogP contribution in [-0.4, -0.2) is 35.3 Å². The molecule has 3 nitrogen and oxygen atoms in total. The van der Waals surface area contributed by atoms with Gasteiger partial charge in [-0.05, 0) is 6.42 Å². The average Bonchev–Trinajstić information content (AvgIpc) is 2.13. The van der Waals surface area contributed by atoms with Gasteiger partial charge in [0.25, 0.3) is 0 Å². The predicted molar refractivity (Wildman–Crippen MR) is 54.9 cm³/mol. The van der Waals surface area contributed by atoms with Gasteiger partial charge < -0.3 is 9.84 Å². The summed E-state index contributed by atoms with van der Waals surface area (Å²) < 4.78 is 4.54. The van der Waals surface area contributed by atoms with E-state index in [-0.39, 0.29) is 17.3 Å². The van der Waals surface area contributed by atoms with Crippen molar-refractivity contribution in [2.75, 3.05) is 12.9 Å². The largest absolute Gasteiger partial charge is 0.469 e. The van der Waals surface area contributed by atoms with Crippen LogP contribution in [0.15, 0.2) is 0 Å². The molecule has 0 rings (SSSR count). The van der Waals surface area contributed by atoms with Crippen molar-refractivity contribution in [3.05, 3.63) is 0 Å². The summed E-state index contributed by atoms with van der Waals surface area (Å²) in [7, 11) is 1.39. The van der Waals surface area contributed by atoms with E-state index >= 15 is 0 Å². The van der Waals surface area contributed by atoms with Gasteiger partial charge in [0.1, 0.15) is 0 Å². The molecule has 0 bridgehead atoms. The molecule has 0 aromatic rings. The molecule has 4 heteroatoms. The molecule has 13 heavy (non-hydrogen) atoms. The second-order valence-corrected chi connectivity index (χ2v) is 4.46. The highest BCUT2D eigenvalue weighted by atomic mass is 32.2. The molecule has 0 aliphatic heterocycles. The molecule has 0 fully saturated rings. The van der Waals surface area contributed by atoms with Gasteiger partial charge in [-0.25, -0.2) is 0 Å². The van der Waals surface area contributed by atoms with Crippen molar-refractivity contribution in [1.29, 1.82) is 0 Å². The monoisotopic (exact) mass is 206 g/mol. The normalized spacial score (nSPS) is 15.1. The molecular weight excluding hydrogens is 188 g/mol. The van der Waals surface area contributed by atoms with Crippen LogP contribution < -0.4 is 0 Å². The van der Waals surface area contributed by atoms with Gasteiger partial charge in [-0.2, -0.15) is 11.8 Å². The number of esters is 1. The summed E-state index contributed by atoms with van der Waals surface area (Å²) in [5.74, 6) is 0.500. The maximum absolute atomic E-state index is 10.8. The molecule has 2 unspecified atom stereocenters. The predicted octanol–water partition coefficient (Wildman–Crippen LogP) is 1.44. The molecule has 1 N–H and O–H groups in total. The van der Waals surface area contributed by atoms with E-state index in [0.717, 1.165) is 6.42 Å². The van der Waals surface area contributed by atoms with E-state index in [1.54, 1.807) is 11.8 Å². The maximum Gasteiger partial charge on any atom is 0.306 e. The number of carbonyl (C=O) groups excluding carboxylic acids is 1. The summed E-state index contributed by atoms with van der Waals surface area (Å²) in [6.45, 7) is 3.90. The zero-order valence-corrected chi connectivity index (χ0v) is 9.26. The van der Waals surface area contributed by atoms with Crippen LogP contribution in [0.2, 0.25) is 0 Å². The zero-order chi connectivity index (χ0) is 10.3. The minimum atomic E-state index is -0.259. The van der Waals surface area contributed by atoms with E-state index in [9.17, 15) is 9.90 Å². The van der Waals surface area contributed by atoms with Crippen LogP contribution in [0.1, 0.15) is 26.7 Å². The van der Waals surface area contributed by atoms with Crippen LogP contribution in [0.25, 0.3) is 0 Å². The summed E-state index contributed by atoms with van der Waals surface area (Å²) >= 11 is 1.60. The Kier molecular flexibility index (Phi) is 7.09. The summed E-state index contributed by atoms with van der Waals surface area (Å²) in [6, 6.07) is 0. The summed E-state index contributed by atoms with van der Waals surface area (Å²) in [6.07, 6.45) is 0.917. The van der Waals surface area contributed by atoms with Gasteiger partial charge in [-0.3, -0.25) is 4.79 Å². The van der Waals surface area contributed by atoms with E-state index in [0.29, 0.717) is 12.2 Å². The van der Waals surface area contributed by atoms with E-state index in [4.69, 9.17) is 0 Å². The number of ether oxygens (including phenoxy) is 1. The third-order valence-corrected chi connectivity index (χ3v) is 3.04. The number of carbonyl (C=O) groups is 1. The molecule has 78 valence electrons. The fraction of sp³-hybridized carbons (Fsp3) is 0.889. The molecule has 0 heterocycles. The van der Waals surface area contributed by atoms with Crippen molar-refractivity contribution in [3.63, 3.8) is 0 Å². The summed E-state index contributed by atoms with van der Waals surface area (Å²) in [5, 5.41) is 9.48. The van der Waals surface area contributed by atoms with Gasteiger partial charge in [-0.15, -0.1) is 0 Å². The number of hydrogen-bond acceptors (Lipinski definition) is 4. The number of rotatable bonds is 6. The SMILES string of the molecule is CCC(O)CSC(C)CC(=O)OC. The number of thioether (sulfide) groups is 1. The highest BCUT2D eigenvalue weighted by Gasteiger charge is 2.11.